The van der Waals surface area contributed by atoms with Crippen molar-refractivity contribution >= 4 is 41.1 Å². The number of likely N-dealkylation sites (N-methyl/N-ethyl adjacent to an activating group) is 1. The molecule has 10 heteroatoms. The molecule has 0 unspecified atom stereocenters. The number of hydrogen-bond donors (Lipinski definition) is 1. The minimum Gasteiger partial charge on any atom is -0.495 e. The molecule has 1 N–H and O–H groups in total. The fourth-order valence-corrected chi connectivity index (χ4v) is 2.43. The number of urea groups is 1. The number of halogens is 1. The molecule has 0 radical (unpaired) electrons. The lowest BCUT2D eigenvalue weighted by Gasteiger charge is -2.17. The van der Waals surface area contributed by atoms with Gasteiger partial charge in [0.15, 0.2) is 6.10 Å². The van der Waals surface area contributed by atoms with Crippen LogP contribution < -0.4 is 10.1 Å². The molecular weight excluding hydrogens is 366 g/mol. The van der Waals surface area contributed by atoms with Gasteiger partial charge in [-0.1, -0.05) is 11.6 Å². The van der Waals surface area contributed by atoms with Gasteiger partial charge in [0.05, 0.1) is 12.8 Å². The number of benzene rings is 1. The van der Waals surface area contributed by atoms with Gasteiger partial charge in [-0.3, -0.25) is 19.3 Å². The third-order valence-electron chi connectivity index (χ3n) is 3.61. The predicted molar refractivity (Wildman–Crippen MR) is 91.9 cm³/mol. The second-order valence-corrected chi connectivity index (χ2v) is 6.02. The van der Waals surface area contributed by atoms with E-state index in [9.17, 15) is 19.2 Å². The summed E-state index contributed by atoms with van der Waals surface area (Å²) in [7, 11) is 2.88. The number of carbonyl (C=O) groups is 4. The van der Waals surface area contributed by atoms with E-state index >= 15 is 0 Å². The second kappa shape index (κ2) is 8.05. The zero-order valence-electron chi connectivity index (χ0n) is 14.4. The second-order valence-electron chi connectivity index (χ2n) is 5.58. The fourth-order valence-electron chi connectivity index (χ4n) is 2.25. The molecule has 1 aliphatic rings. The van der Waals surface area contributed by atoms with Crippen LogP contribution in [0.3, 0.4) is 0 Å². The van der Waals surface area contributed by atoms with Gasteiger partial charge in [-0.15, -0.1) is 0 Å². The molecule has 0 bridgehead atoms. The zero-order chi connectivity index (χ0) is 19.4. The van der Waals surface area contributed by atoms with Crippen molar-refractivity contribution in [2.75, 3.05) is 32.6 Å². The fraction of sp³-hybridized carbons (Fsp3) is 0.375. The number of methoxy groups -OCH3 is 1. The van der Waals surface area contributed by atoms with Gasteiger partial charge >= 0.3 is 12.0 Å². The van der Waals surface area contributed by atoms with Crippen molar-refractivity contribution < 1.29 is 28.7 Å². The third kappa shape index (κ3) is 4.42. The number of imide groups is 1. The minimum atomic E-state index is -1.16. The van der Waals surface area contributed by atoms with Crippen LogP contribution in [-0.2, 0) is 19.1 Å². The molecule has 1 saturated heterocycles. The highest BCUT2D eigenvalue weighted by Gasteiger charge is 2.35. The number of carbonyl (C=O) groups excluding carboxylic acids is 4. The summed E-state index contributed by atoms with van der Waals surface area (Å²) in [5.41, 5.74) is 0.319. The van der Waals surface area contributed by atoms with E-state index in [1.54, 1.807) is 12.1 Å². The number of amides is 4. The van der Waals surface area contributed by atoms with Gasteiger partial charge in [-0.25, -0.2) is 4.79 Å². The SMILES string of the molecule is COc1ccc(Cl)cc1NC(=O)[C@H](C)OC(=O)CN1C(=O)CN(C)C1=O. The number of anilines is 1. The molecule has 26 heavy (non-hydrogen) atoms. The maximum atomic E-state index is 12.2. The zero-order valence-corrected chi connectivity index (χ0v) is 15.2. The molecule has 2 rings (SSSR count). The molecule has 1 heterocycles. The van der Waals surface area contributed by atoms with Gasteiger partial charge in [0.25, 0.3) is 11.8 Å². The number of rotatable bonds is 6. The molecule has 140 valence electrons. The molecule has 0 saturated carbocycles. The summed E-state index contributed by atoms with van der Waals surface area (Å²) in [6.45, 7) is 0.709. The lowest BCUT2D eigenvalue weighted by molar-refractivity contribution is -0.154. The maximum Gasteiger partial charge on any atom is 0.327 e. The van der Waals surface area contributed by atoms with E-state index < -0.39 is 36.5 Å². The molecule has 1 aromatic rings. The van der Waals surface area contributed by atoms with E-state index in [1.165, 1.54) is 32.0 Å². The van der Waals surface area contributed by atoms with Crippen LogP contribution in [0.5, 0.6) is 5.75 Å². The van der Waals surface area contributed by atoms with Crippen LogP contribution >= 0.6 is 11.6 Å². The first-order chi connectivity index (χ1) is 12.2. The van der Waals surface area contributed by atoms with Crippen molar-refractivity contribution in [3.8, 4) is 5.75 Å². The van der Waals surface area contributed by atoms with E-state index in [2.05, 4.69) is 5.32 Å². The molecule has 1 aliphatic heterocycles. The normalized spacial score (nSPS) is 15.1. The Kier molecular flexibility index (Phi) is 6.04. The Hall–Kier alpha value is -2.81. The molecule has 9 nitrogen and oxygen atoms in total. The third-order valence-corrected chi connectivity index (χ3v) is 3.85. The number of ether oxygens (including phenoxy) is 2. The summed E-state index contributed by atoms with van der Waals surface area (Å²) in [4.78, 5) is 49.5. The van der Waals surface area contributed by atoms with Gasteiger partial charge in [0.2, 0.25) is 0 Å². The molecule has 1 atom stereocenters. The van der Waals surface area contributed by atoms with Crippen LogP contribution in [0, 0.1) is 0 Å². The Bertz CT molecular complexity index is 754. The van der Waals surface area contributed by atoms with E-state index in [-0.39, 0.29) is 6.54 Å². The molecule has 0 spiro atoms. The first kappa shape index (κ1) is 19.5. The molecule has 0 aromatic heterocycles. The maximum absolute atomic E-state index is 12.2. The van der Waals surface area contributed by atoms with Crippen LogP contribution in [0.4, 0.5) is 10.5 Å². The Morgan fingerprint density at radius 3 is 2.62 bits per heavy atom. The standard InChI is InChI=1S/C16H18ClN3O6/c1-9(15(23)18-11-6-10(17)4-5-12(11)25-3)26-14(22)8-20-13(21)7-19(2)16(20)24/h4-6,9H,7-8H2,1-3H3,(H,18,23)/t9-/m0/s1. The number of nitrogens with one attached hydrogen (secondary N) is 1. The summed E-state index contributed by atoms with van der Waals surface area (Å²) in [6.07, 6.45) is -1.16. The van der Waals surface area contributed by atoms with Gasteiger partial charge in [0.1, 0.15) is 18.8 Å². The highest BCUT2D eigenvalue weighted by Crippen LogP contribution is 2.27. The average Bonchev–Trinajstić information content (AvgIpc) is 2.81. The summed E-state index contributed by atoms with van der Waals surface area (Å²) in [6, 6.07) is 4.08. The van der Waals surface area contributed by atoms with Crippen LogP contribution in [0.1, 0.15) is 6.92 Å². The van der Waals surface area contributed by atoms with Gasteiger partial charge in [-0.2, -0.15) is 0 Å². The van der Waals surface area contributed by atoms with Crippen molar-refractivity contribution in [2.24, 2.45) is 0 Å². The summed E-state index contributed by atoms with van der Waals surface area (Å²) >= 11 is 5.89. The average molecular weight is 384 g/mol. The molecule has 4 amide bonds. The Labute approximate surface area is 154 Å². The van der Waals surface area contributed by atoms with Crippen LogP contribution in [0.25, 0.3) is 0 Å². The lowest BCUT2D eigenvalue weighted by atomic mass is 10.2. The van der Waals surface area contributed by atoms with Crippen molar-refractivity contribution in [2.45, 2.75) is 13.0 Å². The summed E-state index contributed by atoms with van der Waals surface area (Å²) in [5, 5.41) is 2.93. The van der Waals surface area contributed by atoms with E-state index in [0.29, 0.717) is 16.5 Å². The Morgan fingerprint density at radius 1 is 1.35 bits per heavy atom. The van der Waals surface area contributed by atoms with Gasteiger partial charge in [0, 0.05) is 12.1 Å². The number of esters is 1. The Balaban J connectivity index is 1.95. The van der Waals surface area contributed by atoms with E-state index in [0.717, 1.165) is 4.90 Å². The topological polar surface area (TPSA) is 105 Å². The molecule has 0 aliphatic carbocycles. The number of hydrogen-bond acceptors (Lipinski definition) is 6. The first-order valence-corrected chi connectivity index (χ1v) is 8.00. The van der Waals surface area contributed by atoms with E-state index in [4.69, 9.17) is 21.1 Å². The highest BCUT2D eigenvalue weighted by atomic mass is 35.5. The van der Waals surface area contributed by atoms with Crippen LogP contribution in [-0.4, -0.2) is 67.0 Å². The lowest BCUT2D eigenvalue weighted by Crippen LogP contribution is -2.39. The van der Waals surface area contributed by atoms with Crippen molar-refractivity contribution in [3.05, 3.63) is 23.2 Å². The van der Waals surface area contributed by atoms with E-state index in [1.807, 2.05) is 0 Å². The monoisotopic (exact) mass is 383 g/mol. The van der Waals surface area contributed by atoms with Crippen molar-refractivity contribution in [1.29, 1.82) is 0 Å². The molecular formula is C16H18ClN3O6. The number of nitrogens with zero attached hydrogens (tertiary/aromatic N) is 2. The van der Waals surface area contributed by atoms with Crippen molar-refractivity contribution in [1.82, 2.24) is 9.80 Å². The van der Waals surface area contributed by atoms with Crippen LogP contribution in [0.15, 0.2) is 18.2 Å². The summed E-state index contributed by atoms with van der Waals surface area (Å²) < 4.78 is 10.1. The minimum absolute atomic E-state index is 0.100. The smallest absolute Gasteiger partial charge is 0.327 e. The Morgan fingerprint density at radius 2 is 2.04 bits per heavy atom. The molecule has 1 fully saturated rings. The van der Waals surface area contributed by atoms with Gasteiger partial charge < -0.3 is 19.7 Å². The predicted octanol–water partition coefficient (Wildman–Crippen LogP) is 1.11. The largest absolute Gasteiger partial charge is 0.495 e. The van der Waals surface area contributed by atoms with Crippen LogP contribution in [0.2, 0.25) is 5.02 Å². The van der Waals surface area contributed by atoms with Gasteiger partial charge in [-0.05, 0) is 25.1 Å². The first-order valence-electron chi connectivity index (χ1n) is 7.62. The molecule has 1 aromatic carbocycles. The van der Waals surface area contributed by atoms with Crippen molar-refractivity contribution in [3.63, 3.8) is 0 Å². The highest BCUT2D eigenvalue weighted by molar-refractivity contribution is 6.31. The quantitative estimate of drug-likeness (QED) is 0.582. The summed E-state index contributed by atoms with van der Waals surface area (Å²) in [5.74, 6) is -1.61.